The molecule has 5 rings (SSSR count). The van der Waals surface area contributed by atoms with E-state index in [9.17, 15) is 9.59 Å². The first-order chi connectivity index (χ1) is 14.4. The first-order valence-electron chi connectivity index (χ1n) is 11.0. The van der Waals surface area contributed by atoms with Crippen molar-refractivity contribution in [2.45, 2.75) is 56.6 Å². The molecule has 0 aromatic heterocycles. The molecule has 5 nitrogen and oxygen atoms in total. The van der Waals surface area contributed by atoms with Gasteiger partial charge >= 0.3 is 0 Å². The number of nitrogens with one attached hydrogen (secondary N) is 1. The smallest absolute Gasteiger partial charge is 0.229 e. The number of benzene rings is 1. The van der Waals surface area contributed by atoms with Gasteiger partial charge in [0.1, 0.15) is 0 Å². The topological polar surface area (TPSA) is 58.6 Å². The Morgan fingerprint density at radius 3 is 2.57 bits per heavy atom. The van der Waals surface area contributed by atoms with Crippen molar-refractivity contribution in [3.05, 3.63) is 33.8 Å². The Balaban J connectivity index is 1.17. The van der Waals surface area contributed by atoms with Gasteiger partial charge in [0.15, 0.2) is 0 Å². The molecule has 3 saturated carbocycles. The van der Waals surface area contributed by atoms with E-state index in [4.69, 9.17) is 27.9 Å². The lowest BCUT2D eigenvalue weighted by Crippen LogP contribution is -2.53. The van der Waals surface area contributed by atoms with Gasteiger partial charge in [-0.05, 0) is 68.1 Å². The number of amides is 2. The van der Waals surface area contributed by atoms with E-state index in [1.807, 2.05) is 23.1 Å². The normalized spacial score (nSPS) is 36.9. The second-order valence-electron chi connectivity index (χ2n) is 9.44. The summed E-state index contributed by atoms with van der Waals surface area (Å²) in [6.45, 7) is 1.33. The lowest BCUT2D eigenvalue weighted by atomic mass is 9.60. The zero-order valence-electron chi connectivity index (χ0n) is 17.2. The van der Waals surface area contributed by atoms with Crippen LogP contribution < -0.4 is 5.32 Å². The standard InChI is InChI=1S/C23H28Cl2N2O3/c1-30-19-6-9-23(8-5-16(19)23)22(29)27-10-7-13(12-27)26-21(28)15-11-14(15)20-17(24)3-2-4-18(20)25/h2-4,13-16,19H,5-12H2,1H3,(H,26,28)/t13-,14-,15-,16+,19-,23+/m1/s1. The minimum Gasteiger partial charge on any atom is -0.381 e. The highest BCUT2D eigenvalue weighted by molar-refractivity contribution is 6.36. The predicted molar refractivity (Wildman–Crippen MR) is 116 cm³/mol. The molecule has 4 aliphatic rings. The highest BCUT2D eigenvalue weighted by atomic mass is 35.5. The molecule has 2 amide bonds. The van der Waals surface area contributed by atoms with Crippen LogP contribution in [0.15, 0.2) is 18.2 Å². The summed E-state index contributed by atoms with van der Waals surface area (Å²) < 4.78 is 5.61. The summed E-state index contributed by atoms with van der Waals surface area (Å²) in [6.07, 6.45) is 5.80. The molecule has 4 fully saturated rings. The minimum atomic E-state index is -0.206. The van der Waals surface area contributed by atoms with Crippen LogP contribution in [0.4, 0.5) is 0 Å². The third-order valence-corrected chi connectivity index (χ3v) is 8.64. The second kappa shape index (κ2) is 7.68. The van der Waals surface area contributed by atoms with E-state index < -0.39 is 0 Å². The molecule has 1 N–H and O–H groups in total. The summed E-state index contributed by atoms with van der Waals surface area (Å²) in [5, 5.41) is 4.42. The Kier molecular flexibility index (Phi) is 5.27. The molecule has 30 heavy (non-hydrogen) atoms. The quantitative estimate of drug-likeness (QED) is 0.736. The summed E-state index contributed by atoms with van der Waals surface area (Å²) >= 11 is 12.6. The maximum absolute atomic E-state index is 13.3. The van der Waals surface area contributed by atoms with Crippen molar-refractivity contribution >= 4 is 35.0 Å². The highest BCUT2D eigenvalue weighted by Gasteiger charge is 2.60. The van der Waals surface area contributed by atoms with Crippen molar-refractivity contribution in [3.8, 4) is 0 Å². The summed E-state index contributed by atoms with van der Waals surface area (Å²) in [4.78, 5) is 28.1. The Bertz CT molecular complexity index is 858. The van der Waals surface area contributed by atoms with Crippen LogP contribution in [-0.4, -0.2) is 49.1 Å². The van der Waals surface area contributed by atoms with Crippen LogP contribution in [0.1, 0.15) is 50.0 Å². The third kappa shape index (κ3) is 3.25. The molecule has 1 heterocycles. The first kappa shape index (κ1) is 20.6. The average molecular weight is 451 g/mol. The summed E-state index contributed by atoms with van der Waals surface area (Å²) in [5.74, 6) is 0.706. The first-order valence-corrected chi connectivity index (χ1v) is 11.8. The second-order valence-corrected chi connectivity index (χ2v) is 10.3. The molecule has 1 aromatic carbocycles. The van der Waals surface area contributed by atoms with Crippen molar-refractivity contribution in [1.29, 1.82) is 0 Å². The van der Waals surface area contributed by atoms with Crippen molar-refractivity contribution in [3.63, 3.8) is 0 Å². The predicted octanol–water partition coefficient (Wildman–Crippen LogP) is 4.02. The lowest BCUT2D eigenvalue weighted by Gasteiger charge is -2.46. The molecule has 1 aromatic rings. The van der Waals surface area contributed by atoms with Crippen LogP contribution in [0.25, 0.3) is 0 Å². The van der Waals surface area contributed by atoms with E-state index in [1.165, 1.54) is 0 Å². The number of hydrogen-bond acceptors (Lipinski definition) is 3. The zero-order chi connectivity index (χ0) is 21.0. The van der Waals surface area contributed by atoms with Crippen molar-refractivity contribution < 1.29 is 14.3 Å². The molecule has 0 unspecified atom stereocenters. The Morgan fingerprint density at radius 1 is 1.17 bits per heavy atom. The average Bonchev–Trinajstić information content (AvgIpc) is 3.27. The van der Waals surface area contributed by atoms with Gasteiger partial charge in [-0.25, -0.2) is 0 Å². The van der Waals surface area contributed by atoms with E-state index in [0.717, 1.165) is 50.6 Å². The number of nitrogens with zero attached hydrogens (tertiary/aromatic N) is 1. The molecular formula is C23H28Cl2N2O3. The molecule has 0 spiro atoms. The summed E-state index contributed by atoms with van der Waals surface area (Å²) in [6, 6.07) is 5.49. The van der Waals surface area contributed by atoms with Gasteiger partial charge in [0.05, 0.1) is 11.5 Å². The highest BCUT2D eigenvalue weighted by Crippen LogP contribution is 2.59. The van der Waals surface area contributed by atoms with E-state index >= 15 is 0 Å². The molecule has 0 bridgehead atoms. The van der Waals surface area contributed by atoms with Crippen molar-refractivity contribution in [2.24, 2.45) is 17.3 Å². The van der Waals surface area contributed by atoms with Gasteiger partial charge < -0.3 is 15.0 Å². The number of hydrogen-bond donors (Lipinski definition) is 1. The SMILES string of the molecule is CO[C@@H]1CC[C@@]2(C(=O)N3CC[C@@H](NC(=O)[C@@H]4C[C@H]4c4c(Cl)cccc4Cl)C3)CC[C@@H]12. The van der Waals surface area contributed by atoms with Gasteiger partial charge in [-0.2, -0.15) is 0 Å². The van der Waals surface area contributed by atoms with E-state index in [0.29, 0.717) is 22.5 Å². The monoisotopic (exact) mass is 450 g/mol. The van der Waals surface area contributed by atoms with Crippen molar-refractivity contribution in [1.82, 2.24) is 10.2 Å². The Labute approximate surface area is 187 Å². The number of likely N-dealkylation sites (tertiary alicyclic amines) is 1. The fourth-order valence-electron chi connectivity index (χ4n) is 6.12. The molecule has 7 heteroatoms. The summed E-state index contributed by atoms with van der Waals surface area (Å²) in [7, 11) is 1.76. The molecule has 6 atom stereocenters. The molecule has 1 saturated heterocycles. The fraction of sp³-hybridized carbons (Fsp3) is 0.652. The van der Waals surface area contributed by atoms with Gasteiger partial charge in [0.2, 0.25) is 11.8 Å². The molecule has 0 radical (unpaired) electrons. The third-order valence-electron chi connectivity index (χ3n) is 7.98. The van der Waals surface area contributed by atoms with Crippen LogP contribution in [0.3, 0.4) is 0 Å². The van der Waals surface area contributed by atoms with Gasteiger partial charge in [-0.15, -0.1) is 0 Å². The van der Waals surface area contributed by atoms with E-state index in [-0.39, 0.29) is 41.2 Å². The lowest BCUT2D eigenvalue weighted by molar-refractivity contribution is -0.154. The van der Waals surface area contributed by atoms with Gasteiger partial charge in [0, 0.05) is 42.2 Å². The van der Waals surface area contributed by atoms with Crippen LogP contribution >= 0.6 is 23.2 Å². The van der Waals surface area contributed by atoms with E-state index in [2.05, 4.69) is 5.32 Å². The molecule has 3 aliphatic carbocycles. The minimum absolute atomic E-state index is 0.0268. The van der Waals surface area contributed by atoms with Crippen LogP contribution in [0, 0.1) is 17.3 Å². The number of halogens is 2. The zero-order valence-corrected chi connectivity index (χ0v) is 18.7. The number of carbonyl (C=O) groups is 2. The largest absolute Gasteiger partial charge is 0.381 e. The van der Waals surface area contributed by atoms with Gasteiger partial charge in [0.25, 0.3) is 0 Å². The van der Waals surface area contributed by atoms with Crippen LogP contribution in [-0.2, 0) is 14.3 Å². The van der Waals surface area contributed by atoms with Crippen molar-refractivity contribution in [2.75, 3.05) is 20.2 Å². The number of methoxy groups -OCH3 is 1. The summed E-state index contributed by atoms with van der Waals surface area (Å²) in [5.41, 5.74) is 0.676. The molecular weight excluding hydrogens is 423 g/mol. The number of fused-ring (bicyclic) bond motifs is 1. The number of ether oxygens (including phenoxy) is 1. The maximum atomic E-state index is 13.3. The maximum Gasteiger partial charge on any atom is 0.229 e. The van der Waals surface area contributed by atoms with Crippen LogP contribution in [0.5, 0.6) is 0 Å². The van der Waals surface area contributed by atoms with Gasteiger partial charge in [-0.1, -0.05) is 29.3 Å². The molecule has 1 aliphatic heterocycles. The Morgan fingerprint density at radius 2 is 1.90 bits per heavy atom. The van der Waals surface area contributed by atoms with Gasteiger partial charge in [-0.3, -0.25) is 9.59 Å². The number of rotatable bonds is 5. The number of carbonyl (C=O) groups excluding carboxylic acids is 2. The fourth-order valence-corrected chi connectivity index (χ4v) is 6.80. The van der Waals surface area contributed by atoms with E-state index in [1.54, 1.807) is 7.11 Å². The van der Waals surface area contributed by atoms with Crippen LogP contribution in [0.2, 0.25) is 10.0 Å². The Hall–Kier alpha value is -1.30. The molecule has 162 valence electrons.